The van der Waals surface area contributed by atoms with Crippen molar-refractivity contribution in [2.45, 2.75) is 32.2 Å². The second-order valence-corrected chi connectivity index (χ2v) is 6.73. The van der Waals surface area contributed by atoms with Gasteiger partial charge in [0.1, 0.15) is 6.54 Å². The van der Waals surface area contributed by atoms with Crippen molar-refractivity contribution in [3.63, 3.8) is 0 Å². The second-order valence-electron chi connectivity index (χ2n) is 5.81. The van der Waals surface area contributed by atoms with E-state index in [0.29, 0.717) is 31.5 Å². The fraction of sp³-hybridized carbons (Fsp3) is 0.500. The van der Waals surface area contributed by atoms with Crippen LogP contribution in [0.3, 0.4) is 0 Å². The number of carbonyl (C=O) groups excluding carboxylic acids is 2. The molecule has 1 saturated heterocycles. The van der Waals surface area contributed by atoms with Crippen LogP contribution in [0.1, 0.15) is 36.5 Å². The van der Waals surface area contributed by atoms with Gasteiger partial charge in [-0.25, -0.2) is 0 Å². The SMILES string of the molecule is CC(=O)N(CC(=O)O)C1CCCN(C(=O)c2cncc(Br)c2)CC1. The number of nitrogens with zero attached hydrogens (tertiary/aromatic N) is 3. The van der Waals surface area contributed by atoms with E-state index < -0.39 is 5.97 Å². The molecule has 0 saturated carbocycles. The summed E-state index contributed by atoms with van der Waals surface area (Å²) in [5.74, 6) is -1.38. The smallest absolute Gasteiger partial charge is 0.323 e. The van der Waals surface area contributed by atoms with Crippen LogP contribution < -0.4 is 0 Å². The van der Waals surface area contributed by atoms with E-state index >= 15 is 0 Å². The summed E-state index contributed by atoms with van der Waals surface area (Å²) in [5.41, 5.74) is 0.511. The van der Waals surface area contributed by atoms with Crippen molar-refractivity contribution in [3.05, 3.63) is 28.5 Å². The fourth-order valence-corrected chi connectivity index (χ4v) is 3.31. The molecule has 1 atom stereocenters. The van der Waals surface area contributed by atoms with Crippen molar-refractivity contribution in [1.29, 1.82) is 0 Å². The Morgan fingerprint density at radius 2 is 2.08 bits per heavy atom. The van der Waals surface area contributed by atoms with Crippen molar-refractivity contribution in [2.24, 2.45) is 0 Å². The van der Waals surface area contributed by atoms with E-state index in [1.807, 2.05) is 0 Å². The Bertz CT molecular complexity index is 638. The van der Waals surface area contributed by atoms with Crippen LogP contribution in [0.4, 0.5) is 0 Å². The topological polar surface area (TPSA) is 90.8 Å². The number of carbonyl (C=O) groups is 3. The molecule has 0 aromatic carbocycles. The van der Waals surface area contributed by atoms with Crippen molar-refractivity contribution in [1.82, 2.24) is 14.8 Å². The lowest BCUT2D eigenvalue weighted by Crippen LogP contribution is -2.43. The number of aromatic nitrogens is 1. The molecule has 1 aromatic heterocycles. The zero-order valence-corrected chi connectivity index (χ0v) is 15.0. The molecule has 2 amide bonds. The zero-order valence-electron chi connectivity index (χ0n) is 13.4. The number of pyridine rings is 1. The van der Waals surface area contributed by atoms with Gasteiger partial charge in [0.05, 0.1) is 5.56 Å². The third kappa shape index (κ3) is 4.77. The first-order chi connectivity index (χ1) is 11.4. The molecule has 0 bridgehead atoms. The molecule has 2 heterocycles. The molecule has 0 spiro atoms. The number of carboxylic acids is 1. The molecule has 0 radical (unpaired) electrons. The van der Waals surface area contributed by atoms with Gasteiger partial charge < -0.3 is 14.9 Å². The molecule has 8 heteroatoms. The second kappa shape index (κ2) is 8.23. The minimum atomic E-state index is -1.03. The lowest BCUT2D eigenvalue weighted by atomic mass is 10.1. The maximum absolute atomic E-state index is 12.6. The number of hydrogen-bond donors (Lipinski definition) is 1. The van der Waals surface area contributed by atoms with Gasteiger partial charge in [-0.15, -0.1) is 0 Å². The molecular formula is C16H20BrN3O4. The standard InChI is InChI=1S/C16H20BrN3O4/c1-11(21)20(10-15(22)23)14-3-2-5-19(6-4-14)16(24)12-7-13(17)9-18-8-12/h7-9,14H,2-6,10H2,1H3,(H,22,23). The van der Waals surface area contributed by atoms with E-state index in [0.717, 1.165) is 10.9 Å². The van der Waals surface area contributed by atoms with Crippen LogP contribution in [-0.2, 0) is 9.59 Å². The normalized spacial score (nSPS) is 17.9. The summed E-state index contributed by atoms with van der Waals surface area (Å²) in [7, 11) is 0. The number of carboxylic acid groups (broad SMARTS) is 1. The lowest BCUT2D eigenvalue weighted by molar-refractivity contribution is -0.145. The summed E-state index contributed by atoms with van der Waals surface area (Å²) in [6.07, 6.45) is 5.13. The van der Waals surface area contributed by atoms with Crippen molar-refractivity contribution < 1.29 is 19.5 Å². The Hall–Kier alpha value is -1.96. The Labute approximate surface area is 148 Å². The Morgan fingerprint density at radius 3 is 2.71 bits per heavy atom. The maximum atomic E-state index is 12.6. The molecule has 1 aliphatic rings. The van der Waals surface area contributed by atoms with E-state index in [9.17, 15) is 14.4 Å². The van der Waals surface area contributed by atoms with Crippen molar-refractivity contribution in [3.8, 4) is 0 Å². The molecule has 130 valence electrons. The summed E-state index contributed by atoms with van der Waals surface area (Å²) in [6.45, 7) is 2.15. The van der Waals surface area contributed by atoms with E-state index in [2.05, 4.69) is 20.9 Å². The Balaban J connectivity index is 2.05. The predicted molar refractivity (Wildman–Crippen MR) is 90.5 cm³/mol. The monoisotopic (exact) mass is 397 g/mol. The van der Waals surface area contributed by atoms with Crippen molar-refractivity contribution in [2.75, 3.05) is 19.6 Å². The van der Waals surface area contributed by atoms with Gasteiger partial charge in [0.15, 0.2) is 0 Å². The van der Waals surface area contributed by atoms with Gasteiger partial charge >= 0.3 is 5.97 Å². The lowest BCUT2D eigenvalue weighted by Gasteiger charge is -2.28. The number of rotatable bonds is 4. The molecule has 2 rings (SSSR count). The highest BCUT2D eigenvalue weighted by Crippen LogP contribution is 2.19. The highest BCUT2D eigenvalue weighted by atomic mass is 79.9. The van der Waals surface area contributed by atoms with Gasteiger partial charge in [-0.2, -0.15) is 0 Å². The number of likely N-dealkylation sites (tertiary alicyclic amines) is 1. The summed E-state index contributed by atoms with van der Waals surface area (Å²) >= 11 is 3.30. The Kier molecular flexibility index (Phi) is 6.30. The fourth-order valence-electron chi connectivity index (χ4n) is 2.95. The molecule has 1 aromatic rings. The number of hydrogen-bond acceptors (Lipinski definition) is 4. The van der Waals surface area contributed by atoms with Gasteiger partial charge in [0.2, 0.25) is 5.91 Å². The molecule has 7 nitrogen and oxygen atoms in total. The summed E-state index contributed by atoms with van der Waals surface area (Å²) < 4.78 is 0.741. The van der Waals surface area contributed by atoms with Crippen LogP contribution >= 0.6 is 15.9 Å². The zero-order chi connectivity index (χ0) is 17.7. The van der Waals surface area contributed by atoms with Gasteiger partial charge in [0.25, 0.3) is 5.91 Å². The third-order valence-electron chi connectivity index (χ3n) is 4.09. The number of halogens is 1. The van der Waals surface area contributed by atoms with Crippen LogP contribution in [-0.4, -0.2) is 63.4 Å². The highest BCUT2D eigenvalue weighted by molar-refractivity contribution is 9.10. The van der Waals surface area contributed by atoms with E-state index in [4.69, 9.17) is 5.11 Å². The van der Waals surface area contributed by atoms with Gasteiger partial charge in [0, 0.05) is 42.9 Å². The summed E-state index contributed by atoms with van der Waals surface area (Å²) in [4.78, 5) is 42.4. The van der Waals surface area contributed by atoms with E-state index in [1.165, 1.54) is 18.0 Å². The van der Waals surface area contributed by atoms with E-state index in [1.54, 1.807) is 17.2 Å². The summed E-state index contributed by atoms with van der Waals surface area (Å²) in [5, 5.41) is 8.98. The van der Waals surface area contributed by atoms with Crippen LogP contribution in [0.5, 0.6) is 0 Å². The Morgan fingerprint density at radius 1 is 1.33 bits per heavy atom. The van der Waals surface area contributed by atoms with Gasteiger partial charge in [-0.3, -0.25) is 19.4 Å². The third-order valence-corrected chi connectivity index (χ3v) is 4.52. The number of amides is 2. The van der Waals surface area contributed by atoms with Crippen LogP contribution in [0, 0.1) is 0 Å². The average Bonchev–Trinajstić information content (AvgIpc) is 2.77. The first kappa shape index (κ1) is 18.4. The molecule has 1 unspecified atom stereocenters. The molecule has 0 aliphatic carbocycles. The average molecular weight is 398 g/mol. The first-order valence-corrected chi connectivity index (χ1v) is 8.56. The molecule has 24 heavy (non-hydrogen) atoms. The maximum Gasteiger partial charge on any atom is 0.323 e. The highest BCUT2D eigenvalue weighted by Gasteiger charge is 2.28. The molecule has 1 aliphatic heterocycles. The minimum absolute atomic E-state index is 0.0999. The van der Waals surface area contributed by atoms with Crippen LogP contribution in [0.25, 0.3) is 0 Å². The predicted octanol–water partition coefficient (Wildman–Crippen LogP) is 1.77. The first-order valence-electron chi connectivity index (χ1n) is 7.77. The molecular weight excluding hydrogens is 378 g/mol. The number of aliphatic carboxylic acids is 1. The van der Waals surface area contributed by atoms with Crippen molar-refractivity contribution >= 4 is 33.7 Å². The van der Waals surface area contributed by atoms with E-state index in [-0.39, 0.29) is 24.4 Å². The van der Waals surface area contributed by atoms with Crippen LogP contribution in [0.2, 0.25) is 0 Å². The minimum Gasteiger partial charge on any atom is -0.480 e. The van der Waals surface area contributed by atoms with Gasteiger partial charge in [-0.1, -0.05) is 0 Å². The molecule has 1 fully saturated rings. The van der Waals surface area contributed by atoms with Gasteiger partial charge in [-0.05, 0) is 41.3 Å². The largest absolute Gasteiger partial charge is 0.480 e. The van der Waals surface area contributed by atoms with Crippen LogP contribution in [0.15, 0.2) is 22.9 Å². The summed E-state index contributed by atoms with van der Waals surface area (Å²) in [6, 6.07) is 1.57. The molecule has 1 N–H and O–H groups in total. The quantitative estimate of drug-likeness (QED) is 0.835.